The zero-order valence-electron chi connectivity index (χ0n) is 24.6. The standard InChI is InChI=1S/C32H30F4N6O3/c1-38-24-10-12-39-30(40-17-20-4-7-22(44-2)16-27(20)45-3)28(24)29(37)19-5-9-26-18(14-19)11-13-42(26)31(43)41-25-15-21(32(34,35)36)6-8-23(25)33/h4-10,12,14-16,37H,11,13,17H2,1-3H3,(H,41,43)(H2,38,39,40). The highest BCUT2D eigenvalue weighted by Crippen LogP contribution is 2.35. The first-order valence-electron chi connectivity index (χ1n) is 13.8. The largest absolute Gasteiger partial charge is 0.497 e. The van der Waals surface area contributed by atoms with Gasteiger partial charge in [-0.3, -0.25) is 10.3 Å². The number of urea groups is 1. The van der Waals surface area contributed by atoms with Gasteiger partial charge in [0.05, 0.1) is 36.7 Å². The highest BCUT2D eigenvalue weighted by Gasteiger charge is 2.32. The molecule has 5 rings (SSSR count). The van der Waals surface area contributed by atoms with Gasteiger partial charge in [-0.15, -0.1) is 0 Å². The summed E-state index contributed by atoms with van der Waals surface area (Å²) in [7, 11) is 4.89. The summed E-state index contributed by atoms with van der Waals surface area (Å²) in [5.41, 5.74) is 2.42. The van der Waals surface area contributed by atoms with Crippen molar-refractivity contribution in [3.8, 4) is 11.5 Å². The predicted molar refractivity (Wildman–Crippen MR) is 164 cm³/mol. The molecule has 0 aliphatic carbocycles. The number of pyridine rings is 1. The van der Waals surface area contributed by atoms with Gasteiger partial charge in [-0.25, -0.2) is 14.2 Å². The van der Waals surface area contributed by atoms with E-state index >= 15 is 0 Å². The average Bonchev–Trinajstić information content (AvgIpc) is 3.47. The van der Waals surface area contributed by atoms with Crippen LogP contribution in [0.4, 0.5) is 45.2 Å². The average molecular weight is 623 g/mol. The molecule has 4 aromatic rings. The van der Waals surface area contributed by atoms with Crippen LogP contribution in [0.25, 0.3) is 0 Å². The number of nitrogens with one attached hydrogen (secondary N) is 4. The van der Waals surface area contributed by atoms with Gasteiger partial charge >= 0.3 is 12.2 Å². The van der Waals surface area contributed by atoms with Gasteiger partial charge < -0.3 is 25.4 Å². The maximum Gasteiger partial charge on any atom is 0.416 e. The van der Waals surface area contributed by atoms with Crippen molar-refractivity contribution in [2.75, 3.05) is 48.7 Å². The molecule has 0 spiro atoms. The quantitative estimate of drug-likeness (QED) is 0.119. The molecule has 1 aliphatic heterocycles. The Morgan fingerprint density at radius 3 is 2.53 bits per heavy atom. The molecule has 2 amide bonds. The third kappa shape index (κ3) is 6.47. The van der Waals surface area contributed by atoms with E-state index in [1.165, 1.54) is 4.90 Å². The van der Waals surface area contributed by atoms with Crippen LogP contribution >= 0.6 is 0 Å². The van der Waals surface area contributed by atoms with Crippen molar-refractivity contribution in [1.29, 1.82) is 5.41 Å². The number of carbonyl (C=O) groups excluding carboxylic acids is 1. The van der Waals surface area contributed by atoms with Crippen molar-refractivity contribution in [1.82, 2.24) is 4.98 Å². The summed E-state index contributed by atoms with van der Waals surface area (Å²) in [5, 5.41) is 17.8. The van der Waals surface area contributed by atoms with E-state index in [0.29, 0.717) is 71.0 Å². The van der Waals surface area contributed by atoms with Crippen molar-refractivity contribution in [2.24, 2.45) is 0 Å². The maximum absolute atomic E-state index is 14.3. The second-order valence-corrected chi connectivity index (χ2v) is 10.1. The minimum Gasteiger partial charge on any atom is -0.497 e. The summed E-state index contributed by atoms with van der Waals surface area (Å²) < 4.78 is 64.4. The minimum atomic E-state index is -4.69. The first kappa shape index (κ1) is 31.1. The highest BCUT2D eigenvalue weighted by molar-refractivity contribution is 6.17. The highest BCUT2D eigenvalue weighted by atomic mass is 19.4. The first-order valence-corrected chi connectivity index (χ1v) is 13.8. The molecule has 0 saturated carbocycles. The van der Waals surface area contributed by atoms with Gasteiger partial charge in [-0.2, -0.15) is 13.2 Å². The molecule has 9 nitrogen and oxygen atoms in total. The third-order valence-electron chi connectivity index (χ3n) is 7.45. The van der Waals surface area contributed by atoms with E-state index in [2.05, 4.69) is 20.9 Å². The fourth-order valence-electron chi connectivity index (χ4n) is 5.13. The van der Waals surface area contributed by atoms with Crippen LogP contribution in [-0.2, 0) is 19.1 Å². The first-order chi connectivity index (χ1) is 21.5. The molecule has 45 heavy (non-hydrogen) atoms. The Hall–Kier alpha value is -5.33. The van der Waals surface area contributed by atoms with Crippen LogP contribution in [0, 0.1) is 11.2 Å². The number of benzene rings is 3. The van der Waals surface area contributed by atoms with Crippen LogP contribution in [0.1, 0.15) is 27.8 Å². The van der Waals surface area contributed by atoms with E-state index in [1.54, 1.807) is 57.8 Å². The number of carbonyl (C=O) groups is 1. The third-order valence-corrected chi connectivity index (χ3v) is 7.45. The number of nitrogens with zero attached hydrogens (tertiary/aromatic N) is 2. The number of aromatic nitrogens is 1. The molecule has 13 heteroatoms. The van der Waals surface area contributed by atoms with E-state index in [-0.39, 0.29) is 12.3 Å². The lowest BCUT2D eigenvalue weighted by molar-refractivity contribution is -0.137. The van der Waals surface area contributed by atoms with E-state index in [9.17, 15) is 22.4 Å². The summed E-state index contributed by atoms with van der Waals surface area (Å²) >= 11 is 0. The summed E-state index contributed by atoms with van der Waals surface area (Å²) in [6.45, 7) is 0.581. The SMILES string of the molecule is CNc1ccnc(NCc2ccc(OC)cc2OC)c1C(=N)c1ccc2c(c1)CCN2C(=O)Nc1cc(C(F)(F)F)ccc1F. The molecular weight excluding hydrogens is 592 g/mol. The Bertz CT molecular complexity index is 1760. The van der Waals surface area contributed by atoms with Crippen LogP contribution in [0.2, 0.25) is 0 Å². The summed E-state index contributed by atoms with van der Waals surface area (Å²) in [6.07, 6.45) is -2.63. The summed E-state index contributed by atoms with van der Waals surface area (Å²) in [6, 6.07) is 13.5. The zero-order valence-corrected chi connectivity index (χ0v) is 24.6. The number of halogens is 4. The Balaban J connectivity index is 1.37. The molecular formula is C32H30F4N6O3. The van der Waals surface area contributed by atoms with E-state index in [0.717, 1.165) is 11.1 Å². The number of hydrogen-bond donors (Lipinski definition) is 4. The van der Waals surface area contributed by atoms with Gasteiger partial charge in [0.15, 0.2) is 0 Å². The van der Waals surface area contributed by atoms with Crippen molar-refractivity contribution in [3.05, 3.63) is 100 Å². The number of alkyl halides is 3. The van der Waals surface area contributed by atoms with E-state index < -0.39 is 29.3 Å². The number of amides is 2. The normalized spacial score (nSPS) is 12.4. The van der Waals surface area contributed by atoms with Crippen molar-refractivity contribution >= 4 is 34.6 Å². The number of rotatable bonds is 9. The van der Waals surface area contributed by atoms with Crippen molar-refractivity contribution < 1.29 is 31.8 Å². The smallest absolute Gasteiger partial charge is 0.416 e. The van der Waals surface area contributed by atoms with E-state index in [4.69, 9.17) is 14.9 Å². The number of hydrogen-bond acceptors (Lipinski definition) is 7. The topological polar surface area (TPSA) is 112 Å². The number of ether oxygens (including phenoxy) is 2. The van der Waals surface area contributed by atoms with Gasteiger partial charge in [-0.05, 0) is 60.5 Å². The molecule has 4 N–H and O–H groups in total. The monoisotopic (exact) mass is 622 g/mol. The Morgan fingerprint density at radius 1 is 1.02 bits per heavy atom. The molecule has 234 valence electrons. The van der Waals surface area contributed by atoms with Gasteiger partial charge in [0.2, 0.25) is 0 Å². The molecule has 0 atom stereocenters. The Kier molecular flexibility index (Phi) is 8.80. The predicted octanol–water partition coefficient (Wildman–Crippen LogP) is 6.92. The summed E-state index contributed by atoms with van der Waals surface area (Å²) in [4.78, 5) is 18.8. The van der Waals surface area contributed by atoms with Gasteiger partial charge in [0.25, 0.3) is 0 Å². The fourth-order valence-corrected chi connectivity index (χ4v) is 5.13. The number of fused-ring (bicyclic) bond motifs is 1. The fraction of sp³-hybridized carbons (Fsp3) is 0.219. The molecule has 0 radical (unpaired) electrons. The van der Waals surface area contributed by atoms with E-state index in [1.807, 2.05) is 12.1 Å². The van der Waals surface area contributed by atoms with Gasteiger partial charge in [-0.1, -0.05) is 6.07 Å². The molecule has 0 bridgehead atoms. The molecule has 1 aliphatic rings. The summed E-state index contributed by atoms with van der Waals surface area (Å²) in [5.74, 6) is 0.774. The lowest BCUT2D eigenvalue weighted by Crippen LogP contribution is -2.33. The van der Waals surface area contributed by atoms with Crippen molar-refractivity contribution in [2.45, 2.75) is 19.1 Å². The van der Waals surface area contributed by atoms with Crippen LogP contribution in [0.15, 0.2) is 66.9 Å². The minimum absolute atomic E-state index is 0.174. The molecule has 0 unspecified atom stereocenters. The lowest BCUT2D eigenvalue weighted by atomic mass is 9.98. The van der Waals surface area contributed by atoms with Crippen LogP contribution in [0.3, 0.4) is 0 Å². The lowest BCUT2D eigenvalue weighted by Gasteiger charge is -2.20. The molecule has 2 heterocycles. The Labute approximate surface area is 256 Å². The van der Waals surface area contributed by atoms with Gasteiger partial charge in [0, 0.05) is 54.9 Å². The van der Waals surface area contributed by atoms with Crippen LogP contribution in [-0.4, -0.2) is 44.5 Å². The number of methoxy groups -OCH3 is 2. The molecule has 3 aromatic carbocycles. The second kappa shape index (κ2) is 12.7. The van der Waals surface area contributed by atoms with Crippen LogP contribution in [0.5, 0.6) is 11.5 Å². The molecule has 1 aromatic heterocycles. The maximum atomic E-state index is 14.3. The second-order valence-electron chi connectivity index (χ2n) is 10.1. The Morgan fingerprint density at radius 2 is 1.82 bits per heavy atom. The van der Waals surface area contributed by atoms with Crippen LogP contribution < -0.4 is 30.3 Å². The molecule has 0 saturated heterocycles. The van der Waals surface area contributed by atoms with Crippen molar-refractivity contribution in [3.63, 3.8) is 0 Å². The zero-order chi connectivity index (χ0) is 32.3. The molecule has 0 fully saturated rings. The number of anilines is 4. The van der Waals surface area contributed by atoms with Gasteiger partial charge in [0.1, 0.15) is 23.1 Å².